The van der Waals surface area contributed by atoms with Crippen molar-refractivity contribution in [3.8, 4) is 0 Å². The van der Waals surface area contributed by atoms with Crippen molar-refractivity contribution in [2.24, 2.45) is 11.8 Å². The molecule has 2 atom stereocenters. The summed E-state index contributed by atoms with van der Waals surface area (Å²) in [6.07, 6.45) is 11.6. The third-order valence-corrected chi connectivity index (χ3v) is 4.78. The zero-order chi connectivity index (χ0) is 12.4. The molecular weight excluding hydrogens is 203 g/mol. The zero-order valence-electron chi connectivity index (χ0n) is 12.4. The molecular formula is C15H31Na. The zero-order valence-corrected chi connectivity index (χ0v) is 14.4. The molecule has 0 spiro atoms. The summed E-state index contributed by atoms with van der Waals surface area (Å²) in [5, 5.41) is 0. The van der Waals surface area contributed by atoms with Crippen molar-refractivity contribution in [2.45, 2.75) is 82.2 Å². The minimum atomic E-state index is 0.905. The van der Waals surface area contributed by atoms with Crippen LogP contribution in [0.3, 0.4) is 0 Å². The Morgan fingerprint density at radius 2 is 1.62 bits per heavy atom. The molecule has 0 aliphatic carbocycles. The Balaban J connectivity index is 3.60. The van der Waals surface area contributed by atoms with E-state index in [1.807, 2.05) is 0 Å². The van der Waals surface area contributed by atoms with E-state index in [0.29, 0.717) is 0 Å². The summed E-state index contributed by atoms with van der Waals surface area (Å²) in [5.74, 6) is 1.93. The molecule has 0 fully saturated rings. The first kappa shape index (κ1) is 17.0. The van der Waals surface area contributed by atoms with Crippen LogP contribution < -0.4 is 0 Å². The van der Waals surface area contributed by atoms with Gasteiger partial charge in [-0.15, -0.1) is 0 Å². The summed E-state index contributed by atoms with van der Waals surface area (Å²) < 4.78 is 1.07. The second-order valence-corrected chi connectivity index (χ2v) is 7.72. The van der Waals surface area contributed by atoms with Crippen molar-refractivity contribution in [2.75, 3.05) is 0 Å². The summed E-state index contributed by atoms with van der Waals surface area (Å²) in [6.45, 7) is 9.41. The fraction of sp³-hybridized carbons (Fsp3) is 1.00. The van der Waals surface area contributed by atoms with E-state index in [0.717, 1.165) is 15.0 Å². The van der Waals surface area contributed by atoms with Gasteiger partial charge in [-0.05, 0) is 0 Å². The maximum absolute atomic E-state index is 2.38. The number of hydrogen-bond acceptors (Lipinski definition) is 0. The van der Waals surface area contributed by atoms with E-state index < -0.39 is 0 Å². The third kappa shape index (κ3) is 10.2. The van der Waals surface area contributed by atoms with E-state index in [9.17, 15) is 0 Å². The molecule has 0 N–H and O–H groups in total. The molecule has 0 amide bonds. The molecule has 16 heavy (non-hydrogen) atoms. The fourth-order valence-corrected chi connectivity index (χ4v) is 3.95. The van der Waals surface area contributed by atoms with Crippen molar-refractivity contribution in [3.63, 3.8) is 0 Å². The van der Waals surface area contributed by atoms with Crippen LogP contribution in [0.4, 0.5) is 0 Å². The van der Waals surface area contributed by atoms with E-state index in [4.69, 9.17) is 0 Å². The number of hydrogen-bond donors (Lipinski definition) is 0. The molecule has 0 aliphatic heterocycles. The number of rotatable bonds is 10. The number of unbranched alkanes of at least 4 members (excludes halogenated alkanes) is 2. The summed E-state index contributed by atoms with van der Waals surface area (Å²) in [7, 11) is 0. The van der Waals surface area contributed by atoms with Crippen molar-refractivity contribution in [1.29, 1.82) is 0 Å². The molecule has 0 radical (unpaired) electrons. The predicted molar refractivity (Wildman–Crippen MR) is 76.1 cm³/mol. The van der Waals surface area contributed by atoms with Gasteiger partial charge in [0.25, 0.3) is 0 Å². The minimum absolute atomic E-state index is 0.905. The molecule has 0 rings (SSSR count). The van der Waals surface area contributed by atoms with Crippen molar-refractivity contribution < 1.29 is 0 Å². The van der Waals surface area contributed by atoms with Crippen molar-refractivity contribution >= 4 is 27.9 Å². The van der Waals surface area contributed by atoms with Crippen molar-refractivity contribution in [3.05, 3.63) is 0 Å². The van der Waals surface area contributed by atoms with Crippen molar-refractivity contribution in [1.82, 2.24) is 0 Å². The Morgan fingerprint density at radius 3 is 2.12 bits per heavy atom. The van der Waals surface area contributed by atoms with Gasteiger partial charge in [0.05, 0.1) is 0 Å². The molecule has 92 valence electrons. The standard InChI is InChI=1S/C15H31.Na/c1-5-7-8-12-15(6-2)13-10-9-11-14(3)4;/h9,14-15H,5-8,10-13H2,1-4H3;. The Hall–Kier alpha value is 1.00. The Kier molecular flexibility index (Phi) is 11.8. The van der Waals surface area contributed by atoms with E-state index in [-0.39, 0.29) is 0 Å². The van der Waals surface area contributed by atoms with Crippen LogP contribution in [0.15, 0.2) is 0 Å². The summed E-state index contributed by atoms with van der Waals surface area (Å²) in [5.41, 5.74) is 0. The molecule has 0 bridgehead atoms. The average Bonchev–Trinajstić information content (AvgIpc) is 2.22. The van der Waals surface area contributed by atoms with Gasteiger partial charge >= 0.3 is 122 Å². The summed E-state index contributed by atoms with van der Waals surface area (Å²) in [4.78, 5) is 0. The Bertz CT molecular complexity index is 142. The monoisotopic (exact) mass is 234 g/mol. The van der Waals surface area contributed by atoms with Crippen LogP contribution in [0.2, 0.25) is 3.17 Å². The van der Waals surface area contributed by atoms with Crippen LogP contribution in [-0.4, -0.2) is 27.9 Å². The molecule has 2 unspecified atom stereocenters. The van der Waals surface area contributed by atoms with Gasteiger partial charge in [0.2, 0.25) is 0 Å². The quantitative estimate of drug-likeness (QED) is 0.352. The maximum atomic E-state index is 2.38. The first-order chi connectivity index (χ1) is 7.60. The van der Waals surface area contributed by atoms with Gasteiger partial charge in [-0.25, -0.2) is 0 Å². The molecule has 0 aromatic rings. The molecule has 0 aromatic carbocycles. The van der Waals surface area contributed by atoms with Crippen LogP contribution >= 0.6 is 0 Å². The second-order valence-electron chi connectivity index (χ2n) is 6.08. The van der Waals surface area contributed by atoms with Crippen LogP contribution in [-0.2, 0) is 0 Å². The van der Waals surface area contributed by atoms with Gasteiger partial charge in [0.15, 0.2) is 0 Å². The normalized spacial score (nSPS) is 15.4. The van der Waals surface area contributed by atoms with Gasteiger partial charge in [0, 0.05) is 0 Å². The summed E-state index contributed by atoms with van der Waals surface area (Å²) >= 11 is 1.40. The first-order valence-corrected chi connectivity index (χ1v) is 8.75. The van der Waals surface area contributed by atoms with Gasteiger partial charge in [0.1, 0.15) is 0 Å². The van der Waals surface area contributed by atoms with Gasteiger partial charge in [-0.3, -0.25) is 0 Å². The Morgan fingerprint density at radius 1 is 0.938 bits per heavy atom. The molecule has 0 aromatic heterocycles. The van der Waals surface area contributed by atoms with Crippen LogP contribution in [0.25, 0.3) is 0 Å². The van der Waals surface area contributed by atoms with Crippen LogP contribution in [0.5, 0.6) is 0 Å². The van der Waals surface area contributed by atoms with E-state index in [1.54, 1.807) is 0 Å². The van der Waals surface area contributed by atoms with Gasteiger partial charge in [-0.1, -0.05) is 0 Å². The fourth-order valence-electron chi connectivity index (χ4n) is 2.68. The molecule has 0 saturated heterocycles. The SMILES string of the molecule is CCCCCC(CC)CC[CH]([Na])CC(C)C. The van der Waals surface area contributed by atoms with E-state index >= 15 is 0 Å². The van der Waals surface area contributed by atoms with E-state index in [2.05, 4.69) is 27.7 Å². The van der Waals surface area contributed by atoms with E-state index in [1.165, 1.54) is 79.3 Å². The molecule has 1 heteroatoms. The first-order valence-electron chi connectivity index (χ1n) is 7.60. The molecule has 0 heterocycles. The third-order valence-electron chi connectivity index (χ3n) is 3.73. The molecule has 0 saturated carbocycles. The van der Waals surface area contributed by atoms with Gasteiger partial charge < -0.3 is 0 Å². The summed E-state index contributed by atoms with van der Waals surface area (Å²) in [6, 6.07) is 0. The molecule has 0 nitrogen and oxygen atoms in total. The van der Waals surface area contributed by atoms with Crippen LogP contribution in [0.1, 0.15) is 79.1 Å². The van der Waals surface area contributed by atoms with Gasteiger partial charge in [-0.2, -0.15) is 0 Å². The average molecular weight is 234 g/mol. The predicted octanol–water partition coefficient (Wildman–Crippen LogP) is 5.38. The Labute approximate surface area is 121 Å². The van der Waals surface area contributed by atoms with Crippen LogP contribution in [0, 0.1) is 11.8 Å². The second kappa shape index (κ2) is 11.1. The molecule has 0 aliphatic rings. The topological polar surface area (TPSA) is 0 Å².